The number of fused-ring (bicyclic) bond motifs is 1. The molecule has 0 aliphatic rings. The van der Waals surface area contributed by atoms with Crippen LogP contribution in [0.2, 0.25) is 0 Å². The number of rotatable bonds is 5. The Morgan fingerprint density at radius 2 is 2.05 bits per heavy atom. The predicted octanol–water partition coefficient (Wildman–Crippen LogP) is 3.13. The van der Waals surface area contributed by atoms with Crippen molar-refractivity contribution in [2.75, 3.05) is 7.11 Å². The van der Waals surface area contributed by atoms with Gasteiger partial charge in [0, 0.05) is 31.0 Å². The van der Waals surface area contributed by atoms with Crippen LogP contribution >= 0.6 is 0 Å². The van der Waals surface area contributed by atoms with Gasteiger partial charge in [0.05, 0.1) is 12.6 Å². The van der Waals surface area contributed by atoms with Crippen LogP contribution in [0.1, 0.15) is 18.4 Å². The van der Waals surface area contributed by atoms with Crippen LogP contribution in [-0.4, -0.2) is 18.1 Å². The second-order valence-corrected chi connectivity index (χ2v) is 4.73. The van der Waals surface area contributed by atoms with Gasteiger partial charge in [-0.25, -0.2) is 8.78 Å². The molecule has 0 N–H and O–H groups in total. The van der Waals surface area contributed by atoms with Crippen molar-refractivity contribution in [2.24, 2.45) is 7.05 Å². The molecule has 20 heavy (non-hydrogen) atoms. The Balaban J connectivity index is 2.44. The maximum atomic E-state index is 12.2. The first-order chi connectivity index (χ1) is 9.52. The molecule has 1 aromatic heterocycles. The smallest absolute Gasteiger partial charge is 0.251 e. The zero-order valence-electron chi connectivity index (χ0n) is 11.5. The molecule has 1 aromatic carbocycles. The first-order valence-corrected chi connectivity index (χ1v) is 6.47. The van der Waals surface area contributed by atoms with Crippen LogP contribution in [0, 0.1) is 0 Å². The molecule has 0 aliphatic heterocycles. The summed E-state index contributed by atoms with van der Waals surface area (Å²) in [7, 11) is 3.25. The molecule has 3 nitrogen and oxygen atoms in total. The van der Waals surface area contributed by atoms with Crippen LogP contribution in [0.15, 0.2) is 29.1 Å². The van der Waals surface area contributed by atoms with E-state index in [1.807, 2.05) is 12.1 Å². The maximum absolute atomic E-state index is 12.2. The van der Waals surface area contributed by atoms with E-state index < -0.39 is 6.43 Å². The summed E-state index contributed by atoms with van der Waals surface area (Å²) in [4.78, 5) is 11.9. The summed E-state index contributed by atoms with van der Waals surface area (Å²) in [5.74, 6) is 0.664. The summed E-state index contributed by atoms with van der Waals surface area (Å²) in [6.45, 7) is 0. The Hall–Kier alpha value is -1.91. The molecule has 0 aliphatic carbocycles. The quantitative estimate of drug-likeness (QED) is 0.843. The van der Waals surface area contributed by atoms with E-state index >= 15 is 0 Å². The Morgan fingerprint density at radius 1 is 1.30 bits per heavy atom. The lowest BCUT2D eigenvalue weighted by atomic mass is 10.0. The largest absolute Gasteiger partial charge is 0.497 e. The van der Waals surface area contributed by atoms with E-state index in [0.29, 0.717) is 18.6 Å². The van der Waals surface area contributed by atoms with Crippen LogP contribution in [0.25, 0.3) is 10.9 Å². The molecule has 0 atom stereocenters. The molecule has 1 heterocycles. The zero-order valence-corrected chi connectivity index (χ0v) is 11.5. The zero-order chi connectivity index (χ0) is 14.7. The van der Waals surface area contributed by atoms with Crippen molar-refractivity contribution < 1.29 is 13.5 Å². The van der Waals surface area contributed by atoms with E-state index in [2.05, 4.69) is 0 Å². The summed E-state index contributed by atoms with van der Waals surface area (Å²) >= 11 is 0. The molecule has 2 aromatic rings. The van der Waals surface area contributed by atoms with Gasteiger partial charge in [0.1, 0.15) is 5.75 Å². The van der Waals surface area contributed by atoms with Crippen molar-refractivity contribution in [2.45, 2.75) is 25.7 Å². The van der Waals surface area contributed by atoms with Crippen molar-refractivity contribution in [1.82, 2.24) is 4.57 Å². The normalized spacial score (nSPS) is 11.2. The van der Waals surface area contributed by atoms with Gasteiger partial charge >= 0.3 is 0 Å². The van der Waals surface area contributed by atoms with Gasteiger partial charge in [0.15, 0.2) is 0 Å². The van der Waals surface area contributed by atoms with Crippen molar-refractivity contribution in [3.63, 3.8) is 0 Å². The highest BCUT2D eigenvalue weighted by molar-refractivity contribution is 5.84. The van der Waals surface area contributed by atoms with E-state index in [9.17, 15) is 13.6 Å². The molecule has 0 bridgehead atoms. The fraction of sp³-hybridized carbons (Fsp3) is 0.400. The lowest BCUT2D eigenvalue weighted by Gasteiger charge is -2.11. The molecular weight excluding hydrogens is 264 g/mol. The second-order valence-electron chi connectivity index (χ2n) is 4.73. The number of hydrogen-bond donors (Lipinski definition) is 0. The van der Waals surface area contributed by atoms with Crippen LogP contribution in [-0.2, 0) is 13.5 Å². The molecule has 5 heteroatoms. The molecule has 0 saturated heterocycles. The third kappa shape index (κ3) is 2.98. The number of ether oxygens (including phenoxy) is 1. The average Bonchev–Trinajstić information content (AvgIpc) is 2.43. The van der Waals surface area contributed by atoms with Crippen molar-refractivity contribution in [3.8, 4) is 5.75 Å². The third-order valence-electron chi connectivity index (χ3n) is 3.41. The van der Waals surface area contributed by atoms with E-state index in [4.69, 9.17) is 4.74 Å². The van der Waals surface area contributed by atoms with Gasteiger partial charge in [-0.1, -0.05) is 0 Å². The topological polar surface area (TPSA) is 31.2 Å². The number of halogens is 2. The molecule has 108 valence electrons. The van der Waals surface area contributed by atoms with Gasteiger partial charge in [-0.2, -0.15) is 0 Å². The number of nitrogens with zero attached hydrogens (tertiary/aromatic N) is 1. The van der Waals surface area contributed by atoms with E-state index in [-0.39, 0.29) is 12.0 Å². The highest BCUT2D eigenvalue weighted by Gasteiger charge is 2.09. The summed E-state index contributed by atoms with van der Waals surface area (Å²) in [5, 5.41) is 0.905. The summed E-state index contributed by atoms with van der Waals surface area (Å²) in [6.07, 6.45) is -1.60. The highest BCUT2D eigenvalue weighted by Crippen LogP contribution is 2.23. The van der Waals surface area contributed by atoms with E-state index in [1.54, 1.807) is 20.2 Å². The van der Waals surface area contributed by atoms with Gasteiger partial charge in [0.25, 0.3) is 5.56 Å². The number of aromatic nitrogens is 1. The minimum absolute atomic E-state index is 0.141. The molecule has 0 amide bonds. The molecule has 0 spiro atoms. The van der Waals surface area contributed by atoms with Crippen LogP contribution in [0.3, 0.4) is 0 Å². The van der Waals surface area contributed by atoms with E-state index in [1.165, 1.54) is 10.6 Å². The van der Waals surface area contributed by atoms with Crippen LogP contribution < -0.4 is 10.3 Å². The number of benzene rings is 1. The molecule has 0 saturated carbocycles. The van der Waals surface area contributed by atoms with Gasteiger partial charge in [-0.05, 0) is 30.5 Å². The monoisotopic (exact) mass is 281 g/mol. The Labute approximate surface area is 115 Å². The Kier molecular flexibility index (Phi) is 4.37. The molecule has 0 radical (unpaired) electrons. The average molecular weight is 281 g/mol. The molecule has 0 fully saturated rings. The SMILES string of the molecule is COc1ccc2c(CCCC(F)F)cc(=O)n(C)c2c1. The minimum atomic E-state index is -2.30. The molecule has 0 unspecified atom stereocenters. The first-order valence-electron chi connectivity index (χ1n) is 6.47. The highest BCUT2D eigenvalue weighted by atomic mass is 19.3. The first kappa shape index (κ1) is 14.5. The Bertz CT molecular complexity index is 665. The second kappa shape index (κ2) is 6.03. The number of pyridine rings is 1. The van der Waals surface area contributed by atoms with Crippen molar-refractivity contribution >= 4 is 10.9 Å². The fourth-order valence-corrected chi connectivity index (χ4v) is 2.28. The molecule has 2 rings (SSSR count). The third-order valence-corrected chi connectivity index (χ3v) is 3.41. The lowest BCUT2D eigenvalue weighted by molar-refractivity contribution is 0.135. The fourth-order valence-electron chi connectivity index (χ4n) is 2.28. The Morgan fingerprint density at radius 3 is 2.70 bits per heavy atom. The number of methoxy groups -OCH3 is 1. The van der Waals surface area contributed by atoms with Gasteiger partial charge in [-0.3, -0.25) is 4.79 Å². The van der Waals surface area contributed by atoms with Crippen LogP contribution in [0.4, 0.5) is 8.78 Å². The van der Waals surface area contributed by atoms with E-state index in [0.717, 1.165) is 16.5 Å². The summed E-state index contributed by atoms with van der Waals surface area (Å²) in [5.41, 5.74) is 1.42. The lowest BCUT2D eigenvalue weighted by Crippen LogP contribution is -2.17. The summed E-state index contributed by atoms with van der Waals surface area (Å²) < 4.78 is 31.1. The minimum Gasteiger partial charge on any atom is -0.497 e. The molecular formula is C15H17F2NO2. The number of aryl methyl sites for hydroxylation is 2. The predicted molar refractivity (Wildman–Crippen MR) is 74.7 cm³/mol. The van der Waals surface area contributed by atoms with Gasteiger partial charge < -0.3 is 9.30 Å². The maximum Gasteiger partial charge on any atom is 0.251 e. The van der Waals surface area contributed by atoms with Crippen LogP contribution in [0.5, 0.6) is 5.75 Å². The van der Waals surface area contributed by atoms with Gasteiger partial charge in [-0.15, -0.1) is 0 Å². The van der Waals surface area contributed by atoms with Crippen molar-refractivity contribution in [3.05, 3.63) is 40.2 Å². The number of alkyl halides is 2. The summed E-state index contributed by atoms with van der Waals surface area (Å²) in [6, 6.07) is 6.99. The van der Waals surface area contributed by atoms with Gasteiger partial charge in [0.2, 0.25) is 6.43 Å². The standard InChI is InChI=1S/C15H17F2NO2/c1-18-13-9-11(20-2)6-7-12(13)10(8-15(18)19)4-3-5-14(16)17/h6-9,14H,3-5H2,1-2H3. The van der Waals surface area contributed by atoms with Crippen molar-refractivity contribution in [1.29, 1.82) is 0 Å². The number of hydrogen-bond acceptors (Lipinski definition) is 2.